The van der Waals surface area contributed by atoms with Gasteiger partial charge in [0, 0.05) is 19.8 Å². The minimum absolute atomic E-state index is 0.222. The van der Waals surface area contributed by atoms with Crippen LogP contribution >= 0.6 is 0 Å². The fraction of sp³-hybridized carbons (Fsp3) is 0.133. The van der Waals surface area contributed by atoms with Gasteiger partial charge in [0.05, 0.1) is 0 Å². The number of aromatic nitrogens is 1. The highest BCUT2D eigenvalue weighted by Crippen LogP contribution is 2.14. The van der Waals surface area contributed by atoms with Gasteiger partial charge >= 0.3 is 0 Å². The average molecular weight is 269 g/mol. The first-order valence-electron chi connectivity index (χ1n) is 6.15. The van der Waals surface area contributed by atoms with E-state index in [0.717, 1.165) is 5.69 Å². The lowest BCUT2D eigenvalue weighted by molar-refractivity contribution is 0.0957. The van der Waals surface area contributed by atoms with Gasteiger partial charge in [-0.2, -0.15) is 0 Å². The van der Waals surface area contributed by atoms with E-state index in [4.69, 9.17) is 0 Å². The number of hydrogen-bond acceptors (Lipinski definition) is 3. The second-order valence-corrected chi connectivity index (χ2v) is 4.19. The molecule has 2 aromatic rings. The normalized spacial score (nSPS) is 9.90. The average Bonchev–Trinajstić information content (AvgIpc) is 2.53. The zero-order chi connectivity index (χ0) is 14.5. The summed E-state index contributed by atoms with van der Waals surface area (Å²) in [5.74, 6) is -0.580. The standard InChI is InChI=1S/C15H15N3O2/c1-16-14(19)12-9-6-10-13(17-12)15(20)18(2)11-7-4-3-5-8-11/h3-10H,1-2H3,(H,16,19). The number of hydrogen-bond donors (Lipinski definition) is 1. The molecule has 20 heavy (non-hydrogen) atoms. The third-order valence-corrected chi connectivity index (χ3v) is 2.88. The number of nitrogens with one attached hydrogen (secondary N) is 1. The number of benzene rings is 1. The number of amides is 2. The van der Waals surface area contributed by atoms with E-state index in [-0.39, 0.29) is 23.2 Å². The van der Waals surface area contributed by atoms with Crippen LogP contribution in [0.3, 0.4) is 0 Å². The maximum absolute atomic E-state index is 12.3. The van der Waals surface area contributed by atoms with Crippen LogP contribution in [0, 0.1) is 0 Å². The summed E-state index contributed by atoms with van der Waals surface area (Å²) in [6.07, 6.45) is 0. The van der Waals surface area contributed by atoms with Crippen LogP contribution in [0.15, 0.2) is 48.5 Å². The van der Waals surface area contributed by atoms with Crippen molar-refractivity contribution < 1.29 is 9.59 Å². The number of rotatable bonds is 3. The Morgan fingerprint density at radius 3 is 2.30 bits per heavy atom. The minimum Gasteiger partial charge on any atom is -0.354 e. The molecule has 0 atom stereocenters. The topological polar surface area (TPSA) is 62.3 Å². The molecule has 0 spiro atoms. The maximum Gasteiger partial charge on any atom is 0.276 e. The predicted molar refractivity (Wildman–Crippen MR) is 76.8 cm³/mol. The van der Waals surface area contributed by atoms with Gasteiger partial charge in [-0.1, -0.05) is 24.3 Å². The fourth-order valence-corrected chi connectivity index (χ4v) is 1.75. The molecule has 0 aliphatic carbocycles. The molecule has 2 rings (SSSR count). The number of para-hydroxylation sites is 1. The summed E-state index contributed by atoms with van der Waals surface area (Å²) >= 11 is 0. The smallest absolute Gasteiger partial charge is 0.276 e. The van der Waals surface area contributed by atoms with Crippen LogP contribution < -0.4 is 10.2 Å². The lowest BCUT2D eigenvalue weighted by Crippen LogP contribution is -2.28. The second kappa shape index (κ2) is 5.97. The van der Waals surface area contributed by atoms with E-state index in [2.05, 4.69) is 10.3 Å². The maximum atomic E-state index is 12.3. The summed E-state index contributed by atoms with van der Waals surface area (Å²) in [7, 11) is 3.19. The molecule has 0 bridgehead atoms. The number of nitrogens with zero attached hydrogens (tertiary/aromatic N) is 2. The van der Waals surface area contributed by atoms with Crippen molar-refractivity contribution in [1.29, 1.82) is 0 Å². The Kier molecular flexibility index (Phi) is 4.10. The Morgan fingerprint density at radius 1 is 1.00 bits per heavy atom. The van der Waals surface area contributed by atoms with Gasteiger partial charge in [-0.3, -0.25) is 9.59 Å². The molecule has 0 saturated carbocycles. The number of anilines is 1. The third-order valence-electron chi connectivity index (χ3n) is 2.88. The molecular formula is C15H15N3O2. The molecule has 0 saturated heterocycles. The molecule has 1 aromatic carbocycles. The highest BCUT2D eigenvalue weighted by atomic mass is 16.2. The molecule has 0 radical (unpaired) electrons. The summed E-state index contributed by atoms with van der Waals surface area (Å²) in [5.41, 5.74) is 1.22. The van der Waals surface area contributed by atoms with Crippen molar-refractivity contribution in [2.45, 2.75) is 0 Å². The number of pyridine rings is 1. The van der Waals surface area contributed by atoms with Crippen molar-refractivity contribution in [2.24, 2.45) is 0 Å². The summed E-state index contributed by atoms with van der Waals surface area (Å²) < 4.78 is 0. The molecular weight excluding hydrogens is 254 g/mol. The summed E-state index contributed by atoms with van der Waals surface area (Å²) in [6, 6.07) is 14.1. The van der Waals surface area contributed by atoms with Gasteiger partial charge in [-0.05, 0) is 24.3 Å². The Hall–Kier alpha value is -2.69. The highest BCUT2D eigenvalue weighted by molar-refractivity contribution is 6.05. The van der Waals surface area contributed by atoms with Crippen molar-refractivity contribution in [3.63, 3.8) is 0 Å². The monoisotopic (exact) mass is 269 g/mol. The molecule has 1 aromatic heterocycles. The molecule has 0 aliphatic heterocycles. The van der Waals surface area contributed by atoms with E-state index < -0.39 is 0 Å². The zero-order valence-corrected chi connectivity index (χ0v) is 11.3. The number of carbonyl (C=O) groups is 2. The van der Waals surface area contributed by atoms with Crippen LogP contribution in [-0.2, 0) is 0 Å². The first-order valence-corrected chi connectivity index (χ1v) is 6.15. The Balaban J connectivity index is 2.27. The molecule has 0 unspecified atom stereocenters. The van der Waals surface area contributed by atoms with E-state index in [9.17, 15) is 9.59 Å². The minimum atomic E-state index is -0.318. The summed E-state index contributed by atoms with van der Waals surface area (Å²) in [5, 5.41) is 2.48. The van der Waals surface area contributed by atoms with Gasteiger partial charge < -0.3 is 10.2 Å². The van der Waals surface area contributed by atoms with Crippen LogP contribution in [0.25, 0.3) is 0 Å². The molecule has 5 heteroatoms. The molecule has 0 aliphatic rings. The van der Waals surface area contributed by atoms with Gasteiger partial charge in [-0.15, -0.1) is 0 Å². The lowest BCUT2D eigenvalue weighted by Gasteiger charge is -2.16. The summed E-state index contributed by atoms with van der Waals surface area (Å²) in [4.78, 5) is 29.5. The van der Waals surface area contributed by atoms with E-state index in [1.807, 2.05) is 30.3 Å². The molecule has 2 amide bonds. The van der Waals surface area contributed by atoms with Gasteiger partial charge in [0.15, 0.2) is 0 Å². The number of carbonyl (C=O) groups excluding carboxylic acids is 2. The molecule has 5 nitrogen and oxygen atoms in total. The van der Waals surface area contributed by atoms with Crippen molar-refractivity contribution in [3.8, 4) is 0 Å². The van der Waals surface area contributed by atoms with E-state index in [1.54, 1.807) is 25.2 Å². The molecule has 1 N–H and O–H groups in total. The van der Waals surface area contributed by atoms with Crippen molar-refractivity contribution >= 4 is 17.5 Å². The van der Waals surface area contributed by atoms with Gasteiger partial charge in [0.2, 0.25) is 0 Å². The van der Waals surface area contributed by atoms with Crippen LogP contribution in [0.2, 0.25) is 0 Å². The Bertz CT molecular complexity index is 626. The van der Waals surface area contributed by atoms with E-state index in [1.165, 1.54) is 11.9 Å². The van der Waals surface area contributed by atoms with Crippen LogP contribution in [0.4, 0.5) is 5.69 Å². The third kappa shape index (κ3) is 2.83. The first-order chi connectivity index (χ1) is 9.63. The lowest BCUT2D eigenvalue weighted by atomic mass is 10.2. The first kappa shape index (κ1) is 13.7. The van der Waals surface area contributed by atoms with Crippen LogP contribution in [-0.4, -0.2) is 30.9 Å². The van der Waals surface area contributed by atoms with Crippen molar-refractivity contribution in [1.82, 2.24) is 10.3 Å². The Labute approximate surface area is 117 Å². The fourth-order valence-electron chi connectivity index (χ4n) is 1.75. The quantitative estimate of drug-likeness (QED) is 0.922. The van der Waals surface area contributed by atoms with Crippen molar-refractivity contribution in [3.05, 3.63) is 59.9 Å². The summed E-state index contributed by atoms with van der Waals surface area (Å²) in [6.45, 7) is 0. The largest absolute Gasteiger partial charge is 0.354 e. The highest BCUT2D eigenvalue weighted by Gasteiger charge is 2.16. The van der Waals surface area contributed by atoms with Gasteiger partial charge in [0.1, 0.15) is 11.4 Å². The van der Waals surface area contributed by atoms with Crippen molar-refractivity contribution in [2.75, 3.05) is 19.0 Å². The van der Waals surface area contributed by atoms with E-state index in [0.29, 0.717) is 0 Å². The Morgan fingerprint density at radius 2 is 1.65 bits per heavy atom. The molecule has 0 fully saturated rings. The SMILES string of the molecule is CNC(=O)c1cccc(C(=O)N(C)c2ccccc2)n1. The predicted octanol–water partition coefficient (Wildman–Crippen LogP) is 1.72. The zero-order valence-electron chi connectivity index (χ0n) is 11.3. The second-order valence-electron chi connectivity index (χ2n) is 4.19. The molecule has 1 heterocycles. The van der Waals surface area contributed by atoms with Crippen LogP contribution in [0.1, 0.15) is 21.0 Å². The van der Waals surface area contributed by atoms with Gasteiger partial charge in [-0.25, -0.2) is 4.98 Å². The van der Waals surface area contributed by atoms with Gasteiger partial charge in [0.25, 0.3) is 11.8 Å². The van der Waals surface area contributed by atoms with Crippen LogP contribution in [0.5, 0.6) is 0 Å². The molecule has 102 valence electrons. The van der Waals surface area contributed by atoms with E-state index >= 15 is 0 Å².